The molecule has 2 heterocycles. The van der Waals surface area contributed by atoms with Crippen molar-refractivity contribution in [1.82, 2.24) is 15.1 Å². The van der Waals surface area contributed by atoms with Gasteiger partial charge in [-0.1, -0.05) is 60.7 Å². The summed E-state index contributed by atoms with van der Waals surface area (Å²) in [6.07, 6.45) is -5.11. The van der Waals surface area contributed by atoms with Gasteiger partial charge in [0.25, 0.3) is 0 Å². The summed E-state index contributed by atoms with van der Waals surface area (Å²) in [4.78, 5) is 78.9. The summed E-state index contributed by atoms with van der Waals surface area (Å²) in [6, 6.07) is 16.8. The number of carboxylic acid groups (broad SMARTS) is 2. The molecule has 0 spiro atoms. The van der Waals surface area contributed by atoms with Crippen molar-refractivity contribution in [3.63, 3.8) is 0 Å². The van der Waals surface area contributed by atoms with Gasteiger partial charge in [0.05, 0.1) is 12.1 Å². The molecule has 2 aliphatic heterocycles. The van der Waals surface area contributed by atoms with E-state index >= 15 is 0 Å². The minimum atomic E-state index is -5.08. The molecule has 2 aromatic carbocycles. The van der Waals surface area contributed by atoms with Crippen molar-refractivity contribution < 1.29 is 65.3 Å². The molecular weight excluding hydrogens is 796 g/mol. The Morgan fingerprint density at radius 3 is 1.71 bits per heavy atom. The largest absolute Gasteiger partial charge is 0.490 e. The highest BCUT2D eigenvalue weighted by Gasteiger charge is 2.41. The fourth-order valence-corrected chi connectivity index (χ4v) is 6.36. The number of carbonyl (C=O) groups excluding carboxylic acids is 4. The average molecular weight is 846 g/mol. The number of Topliss-reactive ketones (excluding diaryl/α,β-unsaturated/α-hetero) is 1. The molecule has 2 aliphatic rings. The molecule has 326 valence electrons. The lowest BCUT2D eigenvalue weighted by atomic mass is 9.84. The second kappa shape index (κ2) is 23.6. The van der Waals surface area contributed by atoms with Crippen molar-refractivity contribution >= 4 is 41.4 Å². The van der Waals surface area contributed by atoms with Crippen molar-refractivity contribution in [2.45, 2.75) is 94.2 Å². The molecule has 9 N–H and O–H groups in total. The van der Waals surface area contributed by atoms with E-state index in [1.807, 2.05) is 65.6 Å². The Balaban J connectivity index is 0.000000732. The van der Waals surface area contributed by atoms with Gasteiger partial charge < -0.3 is 42.5 Å². The molecule has 0 bridgehead atoms. The topological polar surface area (TPSA) is 252 Å². The Morgan fingerprint density at radius 2 is 1.25 bits per heavy atom. The molecule has 0 radical (unpaired) electrons. The third-order valence-electron chi connectivity index (χ3n) is 9.23. The van der Waals surface area contributed by atoms with Crippen molar-refractivity contribution in [2.24, 2.45) is 22.2 Å². The first-order chi connectivity index (χ1) is 27.6. The van der Waals surface area contributed by atoms with Gasteiger partial charge in [-0.05, 0) is 56.1 Å². The maximum atomic E-state index is 13.9. The van der Waals surface area contributed by atoms with Crippen LogP contribution in [0.15, 0.2) is 65.7 Å². The van der Waals surface area contributed by atoms with Crippen LogP contribution in [0.2, 0.25) is 0 Å². The van der Waals surface area contributed by atoms with Crippen LogP contribution >= 0.6 is 0 Å². The third kappa shape index (κ3) is 17.0. The number of aliphatic imine (C=N–C) groups is 1. The summed E-state index contributed by atoms with van der Waals surface area (Å²) in [5, 5.41) is 17.2. The van der Waals surface area contributed by atoms with Crippen LogP contribution in [0, 0.1) is 0 Å². The number of carbonyl (C=O) groups is 6. The number of hydrogen-bond donors (Lipinski definition) is 6. The summed E-state index contributed by atoms with van der Waals surface area (Å²) < 4.78 is 63.5. The standard InChI is InChI=1S/C34H47N7O4.2C2HF3O2/c35-31(30(24-12-4-1-5-13-24)25-14-6-2-7-15-25)33(45)41-23-11-17-27(41)32(44)39-26(16-10-20-38-34(36)37)28(42)18-19-29(43)40-21-8-3-9-22-40;2*3-2(4,5)1(6)7/h1-2,4-7,12-15,26-27,30-31H,3,8-11,16-23,35H2,(H,39,44)(H4,36,37,38);2*(H,6,7)/t26?,27-,31?;;/m0../s1. The molecule has 4 rings (SSSR count). The number of guanidine groups is 1. The smallest absolute Gasteiger partial charge is 0.475 e. The Morgan fingerprint density at radius 1 is 0.763 bits per heavy atom. The van der Waals surface area contributed by atoms with Gasteiger partial charge in [0.1, 0.15) is 6.04 Å². The van der Waals surface area contributed by atoms with Gasteiger partial charge in [-0.25, -0.2) is 9.59 Å². The first kappa shape index (κ1) is 49.4. The third-order valence-corrected chi connectivity index (χ3v) is 9.23. The number of nitrogens with two attached hydrogens (primary N) is 3. The molecule has 0 aliphatic carbocycles. The zero-order valence-corrected chi connectivity index (χ0v) is 32.0. The molecule has 0 saturated carbocycles. The van der Waals surface area contributed by atoms with Gasteiger partial charge in [0.2, 0.25) is 17.7 Å². The van der Waals surface area contributed by atoms with E-state index in [2.05, 4.69) is 10.3 Å². The highest BCUT2D eigenvalue weighted by atomic mass is 19.4. The van der Waals surface area contributed by atoms with Crippen LogP contribution in [0.5, 0.6) is 0 Å². The molecule has 15 nitrogen and oxygen atoms in total. The number of hydrogen-bond acceptors (Lipinski definition) is 8. The second-order valence-corrected chi connectivity index (χ2v) is 13.5. The molecule has 2 unspecified atom stereocenters. The van der Waals surface area contributed by atoms with Crippen molar-refractivity contribution in [3.8, 4) is 0 Å². The Labute approximate surface area is 336 Å². The number of rotatable bonds is 14. The van der Waals surface area contributed by atoms with E-state index in [4.69, 9.17) is 37.0 Å². The lowest BCUT2D eigenvalue weighted by Crippen LogP contribution is -2.55. The number of carboxylic acids is 2. The predicted octanol–water partition coefficient (Wildman–Crippen LogP) is 3.30. The Bertz CT molecular complexity index is 1660. The maximum Gasteiger partial charge on any atom is 0.490 e. The van der Waals surface area contributed by atoms with Gasteiger partial charge in [-0.2, -0.15) is 26.3 Å². The summed E-state index contributed by atoms with van der Waals surface area (Å²) in [5.41, 5.74) is 19.4. The molecule has 59 heavy (non-hydrogen) atoms. The number of halogens is 6. The fourth-order valence-electron chi connectivity index (χ4n) is 6.36. The van der Waals surface area contributed by atoms with Gasteiger partial charge in [-0.15, -0.1) is 0 Å². The Hall–Kier alpha value is -5.73. The molecule has 21 heteroatoms. The number of nitrogens with zero attached hydrogens (tertiary/aromatic N) is 3. The molecule has 2 saturated heterocycles. The van der Waals surface area contributed by atoms with Gasteiger partial charge in [0, 0.05) is 44.9 Å². The summed E-state index contributed by atoms with van der Waals surface area (Å²) in [7, 11) is 0. The maximum absolute atomic E-state index is 13.9. The Kier molecular flexibility index (Phi) is 19.8. The number of aliphatic carboxylic acids is 2. The van der Waals surface area contributed by atoms with Crippen molar-refractivity contribution in [1.29, 1.82) is 0 Å². The molecule has 2 aromatic rings. The second-order valence-electron chi connectivity index (χ2n) is 13.5. The number of ketones is 1. The van der Waals surface area contributed by atoms with E-state index in [0.717, 1.165) is 43.5 Å². The number of piperidine rings is 1. The van der Waals surface area contributed by atoms with Gasteiger partial charge in [-0.3, -0.25) is 24.2 Å². The van der Waals surface area contributed by atoms with Crippen LogP contribution in [-0.4, -0.2) is 118 Å². The van der Waals surface area contributed by atoms with Crippen molar-refractivity contribution in [3.05, 3.63) is 71.8 Å². The molecule has 0 aromatic heterocycles. The van der Waals surface area contributed by atoms with Gasteiger partial charge >= 0.3 is 24.3 Å². The quantitative estimate of drug-likeness (QED) is 0.0697. The molecule has 3 atom stereocenters. The molecule has 2 fully saturated rings. The lowest BCUT2D eigenvalue weighted by Gasteiger charge is -2.31. The number of amides is 3. The highest BCUT2D eigenvalue weighted by molar-refractivity contribution is 5.95. The zero-order valence-electron chi connectivity index (χ0n) is 32.0. The monoisotopic (exact) mass is 845 g/mol. The highest BCUT2D eigenvalue weighted by Crippen LogP contribution is 2.30. The summed E-state index contributed by atoms with van der Waals surface area (Å²) in [6.45, 7) is 2.13. The SMILES string of the molecule is NC(N)=NCCCC(NC(=O)[C@@H]1CCCN1C(=O)C(N)C(c1ccccc1)c1ccccc1)C(=O)CCC(=O)N1CCCCC1.O=C(O)C(F)(F)F.O=C(O)C(F)(F)F. The van der Waals surface area contributed by atoms with Crippen LogP contribution in [-0.2, 0) is 28.8 Å². The van der Waals surface area contributed by atoms with E-state index in [1.54, 1.807) is 4.90 Å². The first-order valence-corrected chi connectivity index (χ1v) is 18.6. The van der Waals surface area contributed by atoms with E-state index in [9.17, 15) is 45.5 Å². The van der Waals surface area contributed by atoms with E-state index in [0.29, 0.717) is 38.8 Å². The first-order valence-electron chi connectivity index (χ1n) is 18.6. The lowest BCUT2D eigenvalue weighted by molar-refractivity contribution is -0.193. The summed E-state index contributed by atoms with van der Waals surface area (Å²) >= 11 is 0. The molecular formula is C38H49F6N7O8. The average Bonchev–Trinajstić information content (AvgIpc) is 3.69. The van der Waals surface area contributed by atoms with E-state index in [-0.39, 0.29) is 36.4 Å². The van der Waals surface area contributed by atoms with Crippen LogP contribution in [0.25, 0.3) is 0 Å². The van der Waals surface area contributed by atoms with Crippen LogP contribution in [0.4, 0.5) is 26.3 Å². The van der Waals surface area contributed by atoms with E-state index < -0.39 is 54.2 Å². The number of nitrogens with one attached hydrogen (secondary N) is 1. The fraction of sp³-hybridized carbons (Fsp3) is 0.500. The number of benzene rings is 2. The van der Waals surface area contributed by atoms with Crippen LogP contribution in [0.3, 0.4) is 0 Å². The predicted molar refractivity (Wildman–Crippen MR) is 201 cm³/mol. The normalized spacial score (nSPS) is 16.3. The van der Waals surface area contributed by atoms with Crippen molar-refractivity contribution in [2.75, 3.05) is 26.2 Å². The minimum absolute atomic E-state index is 0.0244. The van der Waals surface area contributed by atoms with Crippen LogP contribution < -0.4 is 22.5 Å². The minimum Gasteiger partial charge on any atom is -0.475 e. The number of alkyl halides is 6. The zero-order chi connectivity index (χ0) is 44.3. The van der Waals surface area contributed by atoms with Gasteiger partial charge in [0.15, 0.2) is 11.7 Å². The summed E-state index contributed by atoms with van der Waals surface area (Å²) in [5.74, 6) is -6.93. The molecule has 3 amide bonds. The van der Waals surface area contributed by atoms with E-state index in [1.165, 1.54) is 0 Å². The van der Waals surface area contributed by atoms with Crippen LogP contribution in [0.1, 0.15) is 74.8 Å². The number of likely N-dealkylation sites (tertiary alicyclic amines) is 2.